The van der Waals surface area contributed by atoms with Gasteiger partial charge in [-0.3, -0.25) is 0 Å². The molecular weight excluding hydrogens is 703 g/mol. The van der Waals surface area contributed by atoms with Gasteiger partial charge in [0.2, 0.25) is 11.5 Å². The zero-order valence-corrected chi connectivity index (χ0v) is 29.2. The standard InChI is InChI=1S/C41H31FO12/c1-9-33(43)50-32-22-28(16-11-26-12-17-29(18-13-26)49-39(46)23(3)4)36(42)38(53-34(44)10-2)37(32)54-35(45)20-15-27-14-19-30(51-40(47)24(5)6)31(21-27)52-41(48)25(7)8/h9-10,12-15,17-22H,1-3,5,7H2,4,6,8H3. The smallest absolute Gasteiger partial charge is 0.338 e. The lowest BCUT2D eigenvalue weighted by Gasteiger charge is -2.15. The van der Waals surface area contributed by atoms with Crippen molar-refractivity contribution in [1.82, 2.24) is 0 Å². The Balaban J connectivity index is 2.04. The van der Waals surface area contributed by atoms with Crippen molar-refractivity contribution >= 4 is 41.9 Å². The van der Waals surface area contributed by atoms with Crippen LogP contribution in [0.4, 0.5) is 4.39 Å². The number of hydrogen-bond acceptors (Lipinski definition) is 12. The highest BCUT2D eigenvalue weighted by Crippen LogP contribution is 2.42. The summed E-state index contributed by atoms with van der Waals surface area (Å²) in [7, 11) is 0. The molecule has 0 unspecified atom stereocenters. The Morgan fingerprint density at radius 1 is 0.593 bits per heavy atom. The quantitative estimate of drug-likeness (QED) is 0.0817. The molecule has 0 aliphatic heterocycles. The van der Waals surface area contributed by atoms with Gasteiger partial charge in [0.05, 0.1) is 5.56 Å². The van der Waals surface area contributed by atoms with Crippen LogP contribution in [0.15, 0.2) is 116 Å². The first-order valence-electron chi connectivity index (χ1n) is 15.4. The highest BCUT2D eigenvalue weighted by atomic mass is 19.1. The highest BCUT2D eigenvalue weighted by Gasteiger charge is 2.26. The predicted molar refractivity (Wildman–Crippen MR) is 193 cm³/mol. The van der Waals surface area contributed by atoms with Crippen molar-refractivity contribution in [2.45, 2.75) is 20.8 Å². The average molecular weight is 735 g/mol. The van der Waals surface area contributed by atoms with Crippen molar-refractivity contribution in [3.05, 3.63) is 139 Å². The minimum atomic E-state index is -1.28. The summed E-state index contributed by atoms with van der Waals surface area (Å²) >= 11 is 0. The Kier molecular flexibility index (Phi) is 14.1. The van der Waals surface area contributed by atoms with Crippen LogP contribution in [-0.4, -0.2) is 35.8 Å². The number of rotatable bonds is 13. The summed E-state index contributed by atoms with van der Waals surface area (Å²) in [6, 6.07) is 10.7. The summed E-state index contributed by atoms with van der Waals surface area (Å²) < 4.78 is 47.2. The molecule has 0 bridgehead atoms. The molecule has 54 heavy (non-hydrogen) atoms. The van der Waals surface area contributed by atoms with Crippen LogP contribution in [0.3, 0.4) is 0 Å². The molecule has 0 N–H and O–H groups in total. The molecule has 0 saturated carbocycles. The Morgan fingerprint density at radius 2 is 1.13 bits per heavy atom. The Bertz CT molecular complexity index is 2210. The van der Waals surface area contributed by atoms with Crippen molar-refractivity contribution in [2.24, 2.45) is 0 Å². The summed E-state index contributed by atoms with van der Waals surface area (Å²) in [5.41, 5.74) is 0.404. The molecule has 13 heteroatoms. The van der Waals surface area contributed by atoms with Crippen molar-refractivity contribution in [3.63, 3.8) is 0 Å². The fourth-order valence-corrected chi connectivity index (χ4v) is 3.65. The maximum absolute atomic E-state index is 16.0. The number of halogens is 1. The molecule has 0 heterocycles. The molecule has 0 atom stereocenters. The summed E-state index contributed by atoms with van der Waals surface area (Å²) in [6.45, 7) is 21.4. The molecule has 3 rings (SSSR count). The SMILES string of the molecule is C=CC(=O)Oc1cc(C#Cc2ccc(OC(=O)C(=C)C)cc2)c(F)c(OC(=O)C=C)c1OC(=O)C=Cc1ccc(OC(=O)C(=C)C)c(OC(=O)C(=C)C)c1. The van der Waals surface area contributed by atoms with Crippen LogP contribution >= 0.6 is 0 Å². The fourth-order valence-electron chi connectivity index (χ4n) is 3.65. The second-order valence-corrected chi connectivity index (χ2v) is 10.9. The van der Waals surface area contributed by atoms with E-state index < -0.39 is 64.4 Å². The number of benzene rings is 3. The number of carbonyl (C=O) groups excluding carboxylic acids is 6. The van der Waals surface area contributed by atoms with Crippen LogP contribution in [-0.2, 0) is 28.8 Å². The molecule has 0 fully saturated rings. The van der Waals surface area contributed by atoms with Gasteiger partial charge < -0.3 is 28.4 Å². The second kappa shape index (κ2) is 18.6. The van der Waals surface area contributed by atoms with E-state index in [0.29, 0.717) is 11.6 Å². The molecule has 12 nitrogen and oxygen atoms in total. The highest BCUT2D eigenvalue weighted by molar-refractivity contribution is 5.93. The van der Waals surface area contributed by atoms with E-state index in [0.717, 1.165) is 18.2 Å². The molecule has 3 aromatic carbocycles. The first-order valence-corrected chi connectivity index (χ1v) is 15.4. The third kappa shape index (κ3) is 11.5. The molecular formula is C41H31FO12. The number of ether oxygens (including phenoxy) is 6. The molecule has 0 radical (unpaired) electrons. The average Bonchev–Trinajstić information content (AvgIpc) is 3.13. The van der Waals surface area contributed by atoms with Crippen molar-refractivity contribution < 1.29 is 61.6 Å². The van der Waals surface area contributed by atoms with Crippen LogP contribution in [0.1, 0.15) is 37.5 Å². The van der Waals surface area contributed by atoms with Crippen LogP contribution in [0.25, 0.3) is 6.08 Å². The fraction of sp³-hybridized carbons (Fsp3) is 0.0732. The lowest BCUT2D eigenvalue weighted by molar-refractivity contribution is -0.132. The van der Waals surface area contributed by atoms with Gasteiger partial charge in [-0.1, -0.05) is 50.8 Å². The molecule has 0 aliphatic rings. The minimum absolute atomic E-state index is 0.0410. The van der Waals surface area contributed by atoms with E-state index in [1.165, 1.54) is 69.3 Å². The van der Waals surface area contributed by atoms with Crippen LogP contribution in [0.5, 0.6) is 34.5 Å². The lowest BCUT2D eigenvalue weighted by Crippen LogP contribution is -2.14. The van der Waals surface area contributed by atoms with Gasteiger partial charge in [-0.05, 0) is 68.8 Å². The minimum Gasteiger partial charge on any atom is -0.423 e. The van der Waals surface area contributed by atoms with E-state index >= 15 is 4.39 Å². The number of esters is 6. The van der Waals surface area contributed by atoms with E-state index in [-0.39, 0.29) is 39.5 Å². The lowest BCUT2D eigenvalue weighted by atomic mass is 10.1. The first kappa shape index (κ1) is 40.8. The van der Waals surface area contributed by atoms with Gasteiger partial charge in [-0.2, -0.15) is 0 Å². The molecule has 0 saturated heterocycles. The van der Waals surface area contributed by atoms with Crippen molar-refractivity contribution in [2.75, 3.05) is 0 Å². The maximum atomic E-state index is 16.0. The summed E-state index contributed by atoms with van der Waals surface area (Å²) in [5.74, 6) is -4.26. The number of hydrogen-bond donors (Lipinski definition) is 0. The van der Waals surface area contributed by atoms with Gasteiger partial charge in [0, 0.05) is 46.6 Å². The van der Waals surface area contributed by atoms with Crippen molar-refractivity contribution in [1.29, 1.82) is 0 Å². The zero-order valence-electron chi connectivity index (χ0n) is 29.2. The molecule has 0 aliphatic carbocycles. The normalized spacial score (nSPS) is 10.1. The van der Waals surface area contributed by atoms with Gasteiger partial charge in [-0.15, -0.1) is 0 Å². The van der Waals surface area contributed by atoms with E-state index in [9.17, 15) is 28.8 Å². The van der Waals surface area contributed by atoms with E-state index in [4.69, 9.17) is 28.4 Å². The zero-order chi connectivity index (χ0) is 40.1. The van der Waals surface area contributed by atoms with Crippen LogP contribution in [0, 0.1) is 17.7 Å². The molecule has 0 aromatic heterocycles. The molecule has 274 valence electrons. The Labute approximate surface area is 309 Å². The molecule has 3 aromatic rings. The third-order valence-corrected chi connectivity index (χ3v) is 6.33. The summed E-state index contributed by atoms with van der Waals surface area (Å²) in [4.78, 5) is 73.7. The number of carbonyl (C=O) groups is 6. The third-order valence-electron chi connectivity index (χ3n) is 6.33. The van der Waals surface area contributed by atoms with Gasteiger partial charge in [-0.25, -0.2) is 33.2 Å². The van der Waals surface area contributed by atoms with Crippen LogP contribution < -0.4 is 28.4 Å². The topological polar surface area (TPSA) is 158 Å². The first-order chi connectivity index (χ1) is 25.5. The van der Waals surface area contributed by atoms with E-state index in [1.54, 1.807) is 0 Å². The maximum Gasteiger partial charge on any atom is 0.338 e. The van der Waals surface area contributed by atoms with E-state index in [1.807, 2.05) is 0 Å². The monoisotopic (exact) mass is 734 g/mol. The van der Waals surface area contributed by atoms with Crippen molar-refractivity contribution in [3.8, 4) is 46.3 Å². The summed E-state index contributed by atoms with van der Waals surface area (Å²) in [5, 5.41) is 0. The van der Waals surface area contributed by atoms with Gasteiger partial charge in [0.15, 0.2) is 23.1 Å². The predicted octanol–water partition coefficient (Wildman–Crippen LogP) is 6.47. The Morgan fingerprint density at radius 3 is 1.70 bits per heavy atom. The molecule has 0 spiro atoms. The second-order valence-electron chi connectivity index (χ2n) is 10.9. The summed E-state index contributed by atoms with van der Waals surface area (Å²) in [6.07, 6.45) is 3.53. The molecule has 0 amide bonds. The van der Waals surface area contributed by atoms with Gasteiger partial charge >= 0.3 is 35.8 Å². The Hall–Kier alpha value is -7.59. The largest absolute Gasteiger partial charge is 0.423 e. The van der Waals surface area contributed by atoms with Crippen LogP contribution in [0.2, 0.25) is 0 Å². The van der Waals surface area contributed by atoms with Gasteiger partial charge in [0.25, 0.3) is 0 Å². The van der Waals surface area contributed by atoms with Gasteiger partial charge in [0.1, 0.15) is 5.75 Å². The van der Waals surface area contributed by atoms with E-state index in [2.05, 4.69) is 44.7 Å².